The van der Waals surface area contributed by atoms with Gasteiger partial charge < -0.3 is 13.8 Å². The average molecular weight is 293 g/mol. The Balaban J connectivity index is 2.16. The maximum absolute atomic E-state index is 6.28. The van der Waals surface area contributed by atoms with E-state index >= 15 is 0 Å². The summed E-state index contributed by atoms with van der Waals surface area (Å²) in [6, 6.07) is 10.3. The highest BCUT2D eigenvalue weighted by Gasteiger charge is 2.47. The number of hydrogen-bond donors (Lipinski definition) is 1. The van der Waals surface area contributed by atoms with Crippen LogP contribution in [0.15, 0.2) is 30.3 Å². The molecule has 1 aliphatic carbocycles. The van der Waals surface area contributed by atoms with Crippen LogP contribution in [0.4, 0.5) is 5.69 Å². The minimum Gasteiger partial charge on any atom is -0.382 e. The lowest BCUT2D eigenvalue weighted by molar-refractivity contribution is 0.185. The summed E-state index contributed by atoms with van der Waals surface area (Å²) < 4.78 is 12.3. The van der Waals surface area contributed by atoms with Crippen molar-refractivity contribution in [1.29, 1.82) is 0 Å². The van der Waals surface area contributed by atoms with E-state index in [0.717, 1.165) is 18.7 Å². The first-order chi connectivity index (χ1) is 9.80. The number of hydrogen-bond acceptors (Lipinski definition) is 3. The third-order valence-corrected chi connectivity index (χ3v) is 7.59. The average Bonchev–Trinajstić information content (AvgIpc) is 2.53. The molecule has 112 valence electrons. The smallest absolute Gasteiger partial charge is 0.382 e. The minimum absolute atomic E-state index is 0.549. The van der Waals surface area contributed by atoms with Crippen LogP contribution in [0.2, 0.25) is 5.54 Å². The molecule has 0 bridgehead atoms. The molecule has 1 aromatic rings. The van der Waals surface area contributed by atoms with Crippen molar-refractivity contribution >= 4 is 14.4 Å². The fourth-order valence-electron chi connectivity index (χ4n) is 2.99. The van der Waals surface area contributed by atoms with Gasteiger partial charge in [0, 0.05) is 24.9 Å². The van der Waals surface area contributed by atoms with Gasteiger partial charge in [-0.2, -0.15) is 0 Å². The Morgan fingerprint density at radius 2 is 1.85 bits per heavy atom. The second-order valence-electron chi connectivity index (χ2n) is 5.55. The molecule has 0 aromatic heterocycles. The SMILES string of the molecule is CCCO[Si](Nc1ccccc1)(OC)C1CCCCC1. The van der Waals surface area contributed by atoms with E-state index in [1.54, 1.807) is 0 Å². The van der Waals surface area contributed by atoms with E-state index in [0.29, 0.717) is 5.54 Å². The molecule has 0 radical (unpaired) electrons. The third kappa shape index (κ3) is 3.84. The van der Waals surface area contributed by atoms with Gasteiger partial charge in [-0.15, -0.1) is 0 Å². The molecule has 1 aromatic carbocycles. The Morgan fingerprint density at radius 3 is 2.45 bits per heavy atom. The zero-order chi connectivity index (χ0) is 14.3. The summed E-state index contributed by atoms with van der Waals surface area (Å²) in [5, 5.41) is 0. The highest BCUT2D eigenvalue weighted by atomic mass is 28.4. The van der Waals surface area contributed by atoms with Crippen LogP contribution in [-0.4, -0.2) is 22.4 Å². The first-order valence-electron chi connectivity index (χ1n) is 7.83. The molecule has 4 heteroatoms. The number of anilines is 1. The molecule has 1 atom stereocenters. The number of benzene rings is 1. The fourth-order valence-corrected chi connectivity index (χ4v) is 6.30. The molecule has 1 unspecified atom stereocenters. The molecule has 1 N–H and O–H groups in total. The summed E-state index contributed by atoms with van der Waals surface area (Å²) in [5.41, 5.74) is 1.66. The minimum atomic E-state index is -2.38. The Bertz CT molecular complexity index is 381. The van der Waals surface area contributed by atoms with Gasteiger partial charge >= 0.3 is 8.72 Å². The van der Waals surface area contributed by atoms with Crippen LogP contribution >= 0.6 is 0 Å². The lowest BCUT2D eigenvalue weighted by atomic mass is 10.0. The van der Waals surface area contributed by atoms with Crippen molar-refractivity contribution in [3.05, 3.63) is 30.3 Å². The molecule has 0 heterocycles. The highest BCUT2D eigenvalue weighted by molar-refractivity contribution is 6.72. The Morgan fingerprint density at radius 1 is 1.15 bits per heavy atom. The molecule has 1 aliphatic rings. The fraction of sp³-hybridized carbons (Fsp3) is 0.625. The second kappa shape index (κ2) is 7.81. The first-order valence-corrected chi connectivity index (χ1v) is 9.72. The summed E-state index contributed by atoms with van der Waals surface area (Å²) in [6.45, 7) is 2.93. The van der Waals surface area contributed by atoms with Gasteiger partial charge in [0.05, 0.1) is 0 Å². The van der Waals surface area contributed by atoms with Crippen molar-refractivity contribution in [3.8, 4) is 0 Å². The summed E-state index contributed by atoms with van der Waals surface area (Å²) in [5.74, 6) is 0. The highest BCUT2D eigenvalue weighted by Crippen LogP contribution is 2.38. The van der Waals surface area contributed by atoms with Gasteiger partial charge in [0.25, 0.3) is 0 Å². The van der Waals surface area contributed by atoms with E-state index < -0.39 is 8.72 Å². The van der Waals surface area contributed by atoms with Gasteiger partial charge in [-0.05, 0) is 31.4 Å². The van der Waals surface area contributed by atoms with Gasteiger partial charge in [0.1, 0.15) is 0 Å². The van der Waals surface area contributed by atoms with E-state index in [4.69, 9.17) is 8.85 Å². The molecule has 20 heavy (non-hydrogen) atoms. The Labute approximate surface area is 124 Å². The molecule has 1 fully saturated rings. The summed E-state index contributed by atoms with van der Waals surface area (Å²) in [4.78, 5) is 3.64. The lowest BCUT2D eigenvalue weighted by Crippen LogP contribution is -2.54. The van der Waals surface area contributed by atoms with Crippen LogP contribution in [0.25, 0.3) is 0 Å². The van der Waals surface area contributed by atoms with Crippen LogP contribution in [-0.2, 0) is 8.85 Å². The number of para-hydroxylation sites is 1. The van der Waals surface area contributed by atoms with Crippen molar-refractivity contribution < 1.29 is 8.85 Å². The monoisotopic (exact) mass is 293 g/mol. The molecular weight excluding hydrogens is 266 g/mol. The molecular formula is C16H27NO2Si. The predicted molar refractivity (Wildman–Crippen MR) is 85.9 cm³/mol. The summed E-state index contributed by atoms with van der Waals surface area (Å²) in [7, 11) is -0.569. The van der Waals surface area contributed by atoms with Crippen LogP contribution in [0, 0.1) is 0 Å². The van der Waals surface area contributed by atoms with Crippen molar-refractivity contribution in [2.75, 3.05) is 18.7 Å². The quantitative estimate of drug-likeness (QED) is 0.754. The Hall–Kier alpha value is -0.843. The van der Waals surface area contributed by atoms with Gasteiger partial charge in [-0.1, -0.05) is 44.4 Å². The maximum atomic E-state index is 6.28. The zero-order valence-electron chi connectivity index (χ0n) is 12.7. The largest absolute Gasteiger partial charge is 0.459 e. The van der Waals surface area contributed by atoms with Gasteiger partial charge in [-0.25, -0.2) is 0 Å². The van der Waals surface area contributed by atoms with E-state index in [1.807, 2.05) is 13.2 Å². The number of rotatable bonds is 7. The topological polar surface area (TPSA) is 30.5 Å². The summed E-state index contributed by atoms with van der Waals surface area (Å²) in [6.07, 6.45) is 7.43. The van der Waals surface area contributed by atoms with Crippen LogP contribution in [0.3, 0.4) is 0 Å². The molecule has 2 rings (SSSR count). The van der Waals surface area contributed by atoms with E-state index in [2.05, 4.69) is 36.2 Å². The Kier molecular flexibility index (Phi) is 6.07. The normalized spacial score (nSPS) is 19.5. The van der Waals surface area contributed by atoms with Crippen LogP contribution < -0.4 is 4.98 Å². The number of nitrogens with one attached hydrogen (secondary N) is 1. The van der Waals surface area contributed by atoms with Crippen molar-refractivity contribution in [3.63, 3.8) is 0 Å². The predicted octanol–water partition coefficient (Wildman–Crippen LogP) is 4.44. The molecule has 0 aliphatic heterocycles. The van der Waals surface area contributed by atoms with Crippen molar-refractivity contribution in [2.45, 2.75) is 51.0 Å². The van der Waals surface area contributed by atoms with Crippen molar-refractivity contribution in [1.82, 2.24) is 0 Å². The van der Waals surface area contributed by atoms with E-state index in [1.165, 1.54) is 32.1 Å². The van der Waals surface area contributed by atoms with E-state index in [-0.39, 0.29) is 0 Å². The standard InChI is InChI=1S/C16H27NO2Si/c1-3-14-19-20(18-2,16-12-8-5-9-13-16)17-15-10-6-4-7-11-15/h4,6-7,10-11,16-17H,3,5,8-9,12-14H2,1-2H3. The molecule has 3 nitrogen and oxygen atoms in total. The molecule has 1 saturated carbocycles. The van der Waals surface area contributed by atoms with Crippen molar-refractivity contribution in [2.24, 2.45) is 0 Å². The second-order valence-corrected chi connectivity index (χ2v) is 8.64. The summed E-state index contributed by atoms with van der Waals surface area (Å²) >= 11 is 0. The third-order valence-electron chi connectivity index (χ3n) is 4.06. The maximum Gasteiger partial charge on any atom is 0.459 e. The zero-order valence-corrected chi connectivity index (χ0v) is 13.7. The van der Waals surface area contributed by atoms with Crippen LogP contribution in [0.1, 0.15) is 45.4 Å². The van der Waals surface area contributed by atoms with Gasteiger partial charge in [0.2, 0.25) is 0 Å². The van der Waals surface area contributed by atoms with Crippen LogP contribution in [0.5, 0.6) is 0 Å². The van der Waals surface area contributed by atoms with E-state index in [9.17, 15) is 0 Å². The molecule has 0 saturated heterocycles. The lowest BCUT2D eigenvalue weighted by Gasteiger charge is -2.38. The molecule has 0 spiro atoms. The molecule has 0 amide bonds. The van der Waals surface area contributed by atoms with Gasteiger partial charge in [-0.3, -0.25) is 0 Å². The van der Waals surface area contributed by atoms with Gasteiger partial charge in [0.15, 0.2) is 0 Å². The first kappa shape index (κ1) is 15.5.